The quantitative estimate of drug-likeness (QED) is 0.587. The Morgan fingerprint density at radius 1 is 1.26 bits per heavy atom. The fraction of sp³-hybridized carbons (Fsp3) is 0.353. The number of amides is 1. The van der Waals surface area contributed by atoms with Crippen molar-refractivity contribution in [2.75, 3.05) is 5.32 Å². The fourth-order valence-electron chi connectivity index (χ4n) is 1.69. The van der Waals surface area contributed by atoms with Crippen molar-refractivity contribution in [3.63, 3.8) is 0 Å². The summed E-state index contributed by atoms with van der Waals surface area (Å²) < 4.78 is 0. The average molecular weight is 257 g/mol. The highest BCUT2D eigenvalue weighted by Crippen LogP contribution is 2.10. The number of para-hydroxylation sites is 1. The molecule has 1 rings (SSSR count). The second-order valence-corrected chi connectivity index (χ2v) is 5.05. The SMILES string of the molecule is CC(C)=CCCC(C)/C=C/C(=O)Nc1ccccc1. The summed E-state index contributed by atoms with van der Waals surface area (Å²) in [6.45, 7) is 6.34. The summed E-state index contributed by atoms with van der Waals surface area (Å²) in [5, 5.41) is 2.83. The molecule has 0 aromatic heterocycles. The zero-order chi connectivity index (χ0) is 14.1. The Morgan fingerprint density at radius 2 is 1.95 bits per heavy atom. The lowest BCUT2D eigenvalue weighted by Crippen LogP contribution is -2.08. The highest BCUT2D eigenvalue weighted by atomic mass is 16.1. The number of carbonyl (C=O) groups is 1. The molecule has 1 aromatic carbocycles. The van der Waals surface area contributed by atoms with Crippen LogP contribution in [0.1, 0.15) is 33.6 Å². The molecule has 2 heteroatoms. The van der Waals surface area contributed by atoms with Crippen molar-refractivity contribution in [1.29, 1.82) is 0 Å². The molecule has 0 spiro atoms. The molecule has 1 atom stereocenters. The monoisotopic (exact) mass is 257 g/mol. The van der Waals surface area contributed by atoms with E-state index in [4.69, 9.17) is 0 Å². The first-order chi connectivity index (χ1) is 9.08. The smallest absolute Gasteiger partial charge is 0.248 e. The lowest BCUT2D eigenvalue weighted by atomic mass is 10.0. The Bertz CT molecular complexity index is 442. The van der Waals surface area contributed by atoms with Crippen LogP contribution in [0, 0.1) is 5.92 Å². The predicted octanol–water partition coefficient (Wildman–Crippen LogP) is 4.56. The Kier molecular flexibility index (Phi) is 6.65. The first-order valence-electron chi connectivity index (χ1n) is 6.75. The van der Waals surface area contributed by atoms with Gasteiger partial charge in [0.05, 0.1) is 0 Å². The molecule has 1 amide bonds. The van der Waals surface area contributed by atoms with Crippen LogP contribution in [-0.2, 0) is 4.79 Å². The third kappa shape index (κ3) is 7.24. The lowest BCUT2D eigenvalue weighted by Gasteiger charge is -2.04. The van der Waals surface area contributed by atoms with Crippen molar-refractivity contribution >= 4 is 11.6 Å². The van der Waals surface area contributed by atoms with Crippen molar-refractivity contribution in [2.45, 2.75) is 33.6 Å². The van der Waals surface area contributed by atoms with Crippen LogP contribution >= 0.6 is 0 Å². The normalized spacial score (nSPS) is 12.2. The highest BCUT2D eigenvalue weighted by Gasteiger charge is 1.99. The van der Waals surface area contributed by atoms with Crippen LogP contribution in [0.4, 0.5) is 5.69 Å². The van der Waals surface area contributed by atoms with Gasteiger partial charge in [0.25, 0.3) is 0 Å². The van der Waals surface area contributed by atoms with Crippen LogP contribution in [0.15, 0.2) is 54.1 Å². The molecule has 19 heavy (non-hydrogen) atoms. The number of rotatable bonds is 6. The number of nitrogens with one attached hydrogen (secondary N) is 1. The molecular formula is C17H23NO. The van der Waals surface area contributed by atoms with Gasteiger partial charge in [0.1, 0.15) is 0 Å². The molecule has 1 N–H and O–H groups in total. The molecule has 1 unspecified atom stereocenters. The van der Waals surface area contributed by atoms with E-state index in [2.05, 4.69) is 32.2 Å². The van der Waals surface area contributed by atoms with Crippen molar-refractivity contribution in [2.24, 2.45) is 5.92 Å². The summed E-state index contributed by atoms with van der Waals surface area (Å²) in [6, 6.07) is 9.49. The second-order valence-electron chi connectivity index (χ2n) is 5.05. The van der Waals surface area contributed by atoms with Gasteiger partial charge in [-0.3, -0.25) is 4.79 Å². The molecule has 0 fully saturated rings. The molecule has 0 aliphatic carbocycles. The van der Waals surface area contributed by atoms with Crippen molar-refractivity contribution < 1.29 is 4.79 Å². The predicted molar refractivity (Wildman–Crippen MR) is 82.0 cm³/mol. The van der Waals surface area contributed by atoms with Crippen molar-refractivity contribution in [3.8, 4) is 0 Å². The number of carbonyl (C=O) groups excluding carboxylic acids is 1. The Labute approximate surface area is 116 Å². The summed E-state index contributed by atoms with van der Waals surface area (Å²) in [6.07, 6.45) is 7.96. The van der Waals surface area contributed by atoms with Crippen molar-refractivity contribution in [1.82, 2.24) is 0 Å². The van der Waals surface area contributed by atoms with Gasteiger partial charge in [-0.25, -0.2) is 0 Å². The summed E-state index contributed by atoms with van der Waals surface area (Å²) in [4.78, 5) is 11.7. The van der Waals surface area contributed by atoms with Crippen LogP contribution in [0.5, 0.6) is 0 Å². The van der Waals surface area contributed by atoms with Crippen LogP contribution in [0.3, 0.4) is 0 Å². The van der Waals surface area contributed by atoms with Crippen molar-refractivity contribution in [3.05, 3.63) is 54.1 Å². The van der Waals surface area contributed by atoms with E-state index in [1.807, 2.05) is 36.4 Å². The average Bonchev–Trinajstić information content (AvgIpc) is 2.37. The molecule has 102 valence electrons. The molecule has 0 saturated heterocycles. The highest BCUT2D eigenvalue weighted by molar-refractivity contribution is 5.99. The van der Waals surface area contributed by atoms with E-state index in [0.29, 0.717) is 5.92 Å². The number of anilines is 1. The number of allylic oxidation sites excluding steroid dienone is 3. The molecule has 0 radical (unpaired) electrons. The number of hydrogen-bond acceptors (Lipinski definition) is 1. The van der Waals surface area contributed by atoms with Crippen LogP contribution in [0.25, 0.3) is 0 Å². The van der Waals surface area contributed by atoms with Gasteiger partial charge in [-0.1, -0.05) is 42.8 Å². The molecule has 1 aromatic rings. The fourth-order valence-corrected chi connectivity index (χ4v) is 1.69. The topological polar surface area (TPSA) is 29.1 Å². The molecular weight excluding hydrogens is 234 g/mol. The van der Waals surface area contributed by atoms with Gasteiger partial charge < -0.3 is 5.32 Å². The molecule has 0 heterocycles. The zero-order valence-electron chi connectivity index (χ0n) is 12.0. The van der Waals surface area contributed by atoms with E-state index in [-0.39, 0.29) is 5.91 Å². The van der Waals surface area contributed by atoms with Gasteiger partial charge in [0, 0.05) is 5.69 Å². The maximum absolute atomic E-state index is 11.7. The Hall–Kier alpha value is -1.83. The second kappa shape index (κ2) is 8.30. The molecule has 0 aliphatic rings. The number of benzene rings is 1. The standard InChI is InChI=1S/C17H23NO/c1-14(2)8-7-9-15(3)12-13-17(19)18-16-10-5-4-6-11-16/h4-6,8,10-13,15H,7,9H2,1-3H3,(H,18,19)/b13-12+. The van der Waals surface area contributed by atoms with Gasteiger partial charge >= 0.3 is 0 Å². The largest absolute Gasteiger partial charge is 0.323 e. The zero-order valence-corrected chi connectivity index (χ0v) is 12.0. The van der Waals surface area contributed by atoms with Gasteiger partial charge in [-0.2, -0.15) is 0 Å². The molecule has 0 saturated carbocycles. The third-order valence-corrected chi connectivity index (χ3v) is 2.79. The number of hydrogen-bond donors (Lipinski definition) is 1. The third-order valence-electron chi connectivity index (χ3n) is 2.79. The lowest BCUT2D eigenvalue weighted by molar-refractivity contribution is -0.111. The summed E-state index contributed by atoms with van der Waals surface area (Å²) >= 11 is 0. The van der Waals surface area contributed by atoms with Crippen LogP contribution < -0.4 is 5.32 Å². The molecule has 0 bridgehead atoms. The summed E-state index contributed by atoms with van der Waals surface area (Å²) in [5.41, 5.74) is 2.17. The minimum Gasteiger partial charge on any atom is -0.323 e. The summed E-state index contributed by atoms with van der Waals surface area (Å²) in [5.74, 6) is 0.345. The van der Waals surface area contributed by atoms with Crippen LogP contribution in [0.2, 0.25) is 0 Å². The summed E-state index contributed by atoms with van der Waals surface area (Å²) in [7, 11) is 0. The minimum absolute atomic E-state index is 0.0692. The van der Waals surface area contributed by atoms with Crippen LogP contribution in [-0.4, -0.2) is 5.91 Å². The van der Waals surface area contributed by atoms with Gasteiger partial charge in [-0.15, -0.1) is 0 Å². The first-order valence-corrected chi connectivity index (χ1v) is 6.75. The molecule has 2 nitrogen and oxygen atoms in total. The maximum Gasteiger partial charge on any atom is 0.248 e. The minimum atomic E-state index is -0.0692. The van der Waals surface area contributed by atoms with E-state index in [1.54, 1.807) is 6.08 Å². The van der Waals surface area contributed by atoms with E-state index in [0.717, 1.165) is 18.5 Å². The van der Waals surface area contributed by atoms with E-state index < -0.39 is 0 Å². The maximum atomic E-state index is 11.7. The van der Waals surface area contributed by atoms with E-state index in [9.17, 15) is 4.79 Å². The Balaban J connectivity index is 2.35. The van der Waals surface area contributed by atoms with Gasteiger partial charge in [-0.05, 0) is 50.8 Å². The van der Waals surface area contributed by atoms with E-state index >= 15 is 0 Å². The van der Waals surface area contributed by atoms with E-state index in [1.165, 1.54) is 5.57 Å². The van der Waals surface area contributed by atoms with Gasteiger partial charge in [0.15, 0.2) is 0 Å². The van der Waals surface area contributed by atoms with Gasteiger partial charge in [0.2, 0.25) is 5.91 Å². The Morgan fingerprint density at radius 3 is 2.58 bits per heavy atom. The molecule has 0 aliphatic heterocycles. The first kappa shape index (κ1) is 15.2.